The maximum atomic E-state index is 14.0. The summed E-state index contributed by atoms with van der Waals surface area (Å²) in [5.74, 6) is -4.67. The molecule has 1 aliphatic heterocycles. The second-order valence-electron chi connectivity index (χ2n) is 15.4. The second-order valence-corrected chi connectivity index (χ2v) is 16.4. The molecule has 53 heavy (non-hydrogen) atoms. The molecule has 1 saturated heterocycles. The Bertz CT molecular complexity index is 1780. The quantitative estimate of drug-likeness (QED) is 0.129. The topological polar surface area (TPSA) is 218 Å². The number of aliphatic hydroxyl groups is 5. The van der Waals surface area contributed by atoms with Crippen LogP contribution in [0.25, 0.3) is 0 Å². The highest BCUT2D eigenvalue weighted by Gasteiger charge is 2.77. The summed E-state index contributed by atoms with van der Waals surface area (Å²) in [5, 5.41) is 65.2. The van der Waals surface area contributed by atoms with E-state index in [1.54, 1.807) is 56.5 Å². The van der Waals surface area contributed by atoms with Crippen molar-refractivity contribution < 1.29 is 63.7 Å². The molecular weight excluding hydrogens is 710 g/mol. The van der Waals surface area contributed by atoms with E-state index < -0.39 is 107 Å². The van der Waals surface area contributed by atoms with Crippen LogP contribution in [-0.2, 0) is 33.3 Å². The molecule has 1 amide bonds. The van der Waals surface area contributed by atoms with E-state index in [-0.39, 0.29) is 29.7 Å². The first-order valence-electron chi connectivity index (χ1n) is 17.5. The first-order valence-corrected chi connectivity index (χ1v) is 18.4. The van der Waals surface area contributed by atoms with Gasteiger partial charge in [-0.2, -0.15) is 0 Å². The number of fused-ring (bicyclic) bond motifs is 5. The lowest BCUT2D eigenvalue weighted by atomic mass is 9.44. The second kappa shape index (κ2) is 13.9. The van der Waals surface area contributed by atoms with Gasteiger partial charge in [-0.1, -0.05) is 45.0 Å². The lowest BCUT2D eigenvalue weighted by molar-refractivity contribution is -0.365. The number of carbonyl (C=O) groups excluding carboxylic acids is 4. The van der Waals surface area contributed by atoms with Crippen LogP contribution in [0.5, 0.6) is 0 Å². The van der Waals surface area contributed by atoms with Gasteiger partial charge >= 0.3 is 17.9 Å². The van der Waals surface area contributed by atoms with Gasteiger partial charge in [-0.05, 0) is 41.6 Å². The molecule has 1 unspecified atom stereocenters. The summed E-state index contributed by atoms with van der Waals surface area (Å²) in [4.78, 5) is 53.2. The van der Waals surface area contributed by atoms with E-state index in [0.717, 1.165) is 0 Å². The van der Waals surface area contributed by atoms with Gasteiger partial charge in [0.05, 0.1) is 30.3 Å². The third kappa shape index (κ3) is 6.10. The Hall–Kier alpha value is -3.70. The number of thiophene rings is 1. The molecule has 3 aliphatic carbocycles. The minimum absolute atomic E-state index is 0.0591. The molecular formula is C38H47NO13S. The van der Waals surface area contributed by atoms with Gasteiger partial charge in [0, 0.05) is 42.4 Å². The number of nitrogens with one attached hydrogen (secondary N) is 1. The Labute approximate surface area is 310 Å². The van der Waals surface area contributed by atoms with E-state index >= 15 is 0 Å². The normalized spacial score (nSPS) is 36.9. The summed E-state index contributed by atoms with van der Waals surface area (Å²) in [5.41, 5.74) is -6.83. The molecule has 1 aromatic carbocycles. The zero-order valence-electron chi connectivity index (χ0n) is 30.3. The summed E-state index contributed by atoms with van der Waals surface area (Å²) in [7, 11) is 0. The maximum absolute atomic E-state index is 14.0. The number of carbonyl (C=O) groups is 4. The molecule has 2 saturated carbocycles. The molecule has 0 spiro atoms. The van der Waals surface area contributed by atoms with Crippen molar-refractivity contribution in [1.29, 1.82) is 0 Å². The monoisotopic (exact) mass is 757 g/mol. The number of ether oxygens (including phenoxy) is 4. The zero-order valence-corrected chi connectivity index (χ0v) is 31.2. The van der Waals surface area contributed by atoms with E-state index in [9.17, 15) is 44.7 Å². The predicted molar refractivity (Wildman–Crippen MR) is 187 cm³/mol. The van der Waals surface area contributed by atoms with Gasteiger partial charge < -0.3 is 49.8 Å². The van der Waals surface area contributed by atoms with Crippen molar-refractivity contribution in [3.05, 3.63) is 69.4 Å². The molecule has 6 N–H and O–H groups in total. The van der Waals surface area contributed by atoms with Gasteiger partial charge in [-0.25, -0.2) is 9.59 Å². The smallest absolute Gasteiger partial charge is 0.338 e. The molecule has 6 rings (SSSR count). The van der Waals surface area contributed by atoms with Crippen LogP contribution in [0.3, 0.4) is 0 Å². The third-order valence-corrected chi connectivity index (χ3v) is 13.1. The maximum Gasteiger partial charge on any atom is 0.338 e. The average Bonchev–Trinajstić information content (AvgIpc) is 3.63. The number of benzene rings is 1. The van der Waals surface area contributed by atoms with Crippen LogP contribution in [-0.4, -0.2) is 110 Å². The molecule has 2 heterocycles. The minimum Gasteiger partial charge on any atom is -0.456 e. The highest BCUT2D eigenvalue weighted by atomic mass is 32.1. The van der Waals surface area contributed by atoms with Crippen molar-refractivity contribution in [1.82, 2.24) is 5.32 Å². The SMILES string of the molecule is CC(=O)N[C@@H](c1cccs1)[C@@H](O)C(=O)OC1C[C@@]2(O)[C@@H](OC(=O)c3ccccc3)[C@@H]3[C@]4(OC(C)=O)CO[C@@H]4C[C@H](O)[C@@]3(C)[C@H](O)[C@H](O)C(=C1C)C2(C)C. The Morgan fingerprint density at radius 3 is 2.25 bits per heavy atom. The molecule has 14 nitrogen and oxygen atoms in total. The lowest BCUT2D eigenvalue weighted by Gasteiger charge is -2.69. The van der Waals surface area contributed by atoms with Crippen LogP contribution in [0.15, 0.2) is 59.0 Å². The highest BCUT2D eigenvalue weighted by Crippen LogP contribution is 2.65. The summed E-state index contributed by atoms with van der Waals surface area (Å²) < 4.78 is 24.1. The molecule has 15 heteroatoms. The van der Waals surface area contributed by atoms with Crippen molar-refractivity contribution in [3.63, 3.8) is 0 Å². The van der Waals surface area contributed by atoms with E-state index in [1.807, 2.05) is 0 Å². The first-order chi connectivity index (χ1) is 24.8. The van der Waals surface area contributed by atoms with Gasteiger partial charge in [0.2, 0.25) is 5.91 Å². The number of esters is 3. The molecule has 3 fully saturated rings. The molecule has 1 aromatic heterocycles. The molecule has 2 bridgehead atoms. The van der Waals surface area contributed by atoms with Crippen LogP contribution in [0.1, 0.15) is 75.7 Å². The van der Waals surface area contributed by atoms with Gasteiger partial charge in [0.15, 0.2) is 11.7 Å². The Morgan fingerprint density at radius 2 is 1.68 bits per heavy atom. The third-order valence-electron chi connectivity index (χ3n) is 12.2. The standard InChI is InChI=1S/C38H47NO13S/c1-18-22(50-34(47)29(44)27(39-19(2)40)23-13-10-14-53-23)16-38(48)32(51-33(46)21-11-8-7-9-12-21)30-36(6,31(45)28(43)26(18)35(38,4)5)24(42)15-25-37(30,17-49-25)52-20(3)41/h7-14,22,24-25,27-32,42-45,48H,15-17H2,1-6H3,(H,39,40)/t22?,24-,25+,27-,28+,29+,30-,31+,32-,36+,37-,38+/m0/s1. The van der Waals surface area contributed by atoms with Crippen LogP contribution in [0.4, 0.5) is 0 Å². The van der Waals surface area contributed by atoms with E-state index in [1.165, 1.54) is 44.2 Å². The van der Waals surface area contributed by atoms with Crippen LogP contribution in [0, 0.1) is 16.7 Å². The highest BCUT2D eigenvalue weighted by molar-refractivity contribution is 7.10. The number of rotatable bonds is 8. The molecule has 12 atom stereocenters. The summed E-state index contributed by atoms with van der Waals surface area (Å²) in [6.07, 6.45) is -11.5. The number of aliphatic hydroxyl groups excluding tert-OH is 4. The van der Waals surface area contributed by atoms with Crippen LogP contribution < -0.4 is 5.32 Å². The zero-order chi connectivity index (χ0) is 38.8. The Morgan fingerprint density at radius 1 is 1.00 bits per heavy atom. The van der Waals surface area contributed by atoms with Crippen molar-refractivity contribution in [2.45, 2.75) is 114 Å². The summed E-state index contributed by atoms with van der Waals surface area (Å²) in [6.45, 7) is 8.42. The molecule has 2 aromatic rings. The van der Waals surface area contributed by atoms with Crippen LogP contribution in [0.2, 0.25) is 0 Å². The van der Waals surface area contributed by atoms with Crippen molar-refractivity contribution in [3.8, 4) is 0 Å². The number of amides is 1. The van der Waals surface area contributed by atoms with Crippen molar-refractivity contribution in [2.24, 2.45) is 16.7 Å². The number of hydrogen-bond donors (Lipinski definition) is 6. The van der Waals surface area contributed by atoms with Gasteiger partial charge in [-0.15, -0.1) is 11.3 Å². The van der Waals surface area contributed by atoms with Gasteiger partial charge in [0.25, 0.3) is 0 Å². The van der Waals surface area contributed by atoms with E-state index in [0.29, 0.717) is 4.88 Å². The lowest BCUT2D eigenvalue weighted by Crippen LogP contribution is -2.82. The fourth-order valence-corrected chi connectivity index (χ4v) is 10.1. The van der Waals surface area contributed by atoms with E-state index in [2.05, 4.69) is 5.32 Å². The first kappa shape index (κ1) is 39.0. The predicted octanol–water partition coefficient (Wildman–Crippen LogP) is 1.72. The summed E-state index contributed by atoms with van der Waals surface area (Å²) >= 11 is 1.20. The average molecular weight is 758 g/mol. The molecule has 0 radical (unpaired) electrons. The van der Waals surface area contributed by atoms with Crippen molar-refractivity contribution >= 4 is 35.2 Å². The number of hydrogen-bond acceptors (Lipinski definition) is 14. The van der Waals surface area contributed by atoms with E-state index in [4.69, 9.17) is 18.9 Å². The molecule has 288 valence electrons. The summed E-state index contributed by atoms with van der Waals surface area (Å²) in [6, 6.07) is 10.1. The molecule has 4 aliphatic rings. The van der Waals surface area contributed by atoms with Crippen molar-refractivity contribution in [2.75, 3.05) is 6.61 Å². The fourth-order valence-electron chi connectivity index (χ4n) is 9.33. The minimum atomic E-state index is -2.27. The Balaban J connectivity index is 1.52. The largest absolute Gasteiger partial charge is 0.456 e. The van der Waals surface area contributed by atoms with Crippen LogP contribution >= 0.6 is 11.3 Å². The fraction of sp³-hybridized carbons (Fsp3) is 0.579. The Kier molecular flexibility index (Phi) is 10.2. The van der Waals surface area contributed by atoms with Gasteiger partial charge in [0.1, 0.15) is 36.1 Å². The van der Waals surface area contributed by atoms with Gasteiger partial charge in [-0.3, -0.25) is 9.59 Å².